The summed E-state index contributed by atoms with van der Waals surface area (Å²) in [7, 11) is 0. The molecule has 36 heavy (non-hydrogen) atoms. The Morgan fingerprint density at radius 2 is 2.08 bits per heavy atom. The van der Waals surface area contributed by atoms with E-state index < -0.39 is 0 Å². The molecule has 2 aromatic rings. The van der Waals surface area contributed by atoms with E-state index >= 15 is 0 Å². The molecule has 7 nitrogen and oxygen atoms in total. The van der Waals surface area contributed by atoms with Gasteiger partial charge in [-0.15, -0.1) is 0 Å². The average Bonchev–Trinajstić information content (AvgIpc) is 3.44. The first-order valence-electron chi connectivity index (χ1n) is 11.7. The van der Waals surface area contributed by atoms with Crippen molar-refractivity contribution in [2.45, 2.75) is 32.8 Å². The molecule has 0 aliphatic carbocycles. The minimum Gasteiger partial charge on any atom is -0.490 e. The van der Waals surface area contributed by atoms with E-state index in [0.717, 1.165) is 25.0 Å². The van der Waals surface area contributed by atoms with Crippen LogP contribution in [0.15, 0.2) is 41.3 Å². The third-order valence-corrected chi connectivity index (χ3v) is 7.25. The van der Waals surface area contributed by atoms with Crippen molar-refractivity contribution in [3.63, 3.8) is 0 Å². The van der Waals surface area contributed by atoms with E-state index in [9.17, 15) is 9.59 Å². The van der Waals surface area contributed by atoms with Gasteiger partial charge in [0.15, 0.2) is 18.1 Å². The molecule has 1 atom stereocenters. The lowest BCUT2D eigenvalue weighted by atomic mass is 10.1. The van der Waals surface area contributed by atoms with Crippen LogP contribution in [0.4, 0.5) is 5.69 Å². The van der Waals surface area contributed by atoms with Gasteiger partial charge in [-0.05, 0) is 62.6 Å². The molecule has 2 heterocycles. The van der Waals surface area contributed by atoms with Crippen molar-refractivity contribution >= 4 is 63.5 Å². The summed E-state index contributed by atoms with van der Waals surface area (Å²) in [6, 6.07) is 10.9. The highest BCUT2D eigenvalue weighted by Crippen LogP contribution is 2.39. The first kappa shape index (κ1) is 26.5. The van der Waals surface area contributed by atoms with Crippen LogP contribution in [0.2, 0.25) is 5.02 Å². The first-order valence-corrected chi connectivity index (χ1v) is 13.3. The minimum absolute atomic E-state index is 0.0190. The molecule has 2 amide bonds. The third kappa shape index (κ3) is 6.59. The highest BCUT2D eigenvalue weighted by Gasteiger charge is 2.34. The summed E-state index contributed by atoms with van der Waals surface area (Å²) >= 11 is 13.2. The Hall–Kier alpha value is -2.59. The number of amides is 2. The summed E-state index contributed by atoms with van der Waals surface area (Å²) in [6.45, 7) is 5.12. The van der Waals surface area contributed by atoms with Crippen molar-refractivity contribution in [3.05, 3.63) is 57.5 Å². The lowest BCUT2D eigenvalue weighted by Gasteiger charge is -2.18. The Labute approximate surface area is 225 Å². The molecule has 0 radical (unpaired) electrons. The summed E-state index contributed by atoms with van der Waals surface area (Å²) in [4.78, 5) is 27.4. The summed E-state index contributed by atoms with van der Waals surface area (Å²) in [5, 5.41) is 3.05. The normalized spacial score (nSPS) is 18.7. The number of ether oxygens (including phenoxy) is 3. The number of halogens is 1. The molecule has 2 aromatic carbocycles. The number of aryl methyl sites for hydroxylation is 1. The second-order valence-electron chi connectivity index (χ2n) is 8.39. The van der Waals surface area contributed by atoms with Crippen LogP contribution in [0.1, 0.15) is 30.9 Å². The van der Waals surface area contributed by atoms with Crippen LogP contribution in [0.25, 0.3) is 6.08 Å². The van der Waals surface area contributed by atoms with Gasteiger partial charge in [-0.3, -0.25) is 14.5 Å². The summed E-state index contributed by atoms with van der Waals surface area (Å²) in [5.74, 6) is 0.175. The van der Waals surface area contributed by atoms with E-state index in [1.807, 2.05) is 38.1 Å². The van der Waals surface area contributed by atoms with Crippen molar-refractivity contribution < 1.29 is 23.8 Å². The van der Waals surface area contributed by atoms with E-state index in [0.29, 0.717) is 39.4 Å². The maximum atomic E-state index is 13.0. The fourth-order valence-electron chi connectivity index (χ4n) is 3.85. The van der Waals surface area contributed by atoms with Gasteiger partial charge in [-0.25, -0.2) is 0 Å². The summed E-state index contributed by atoms with van der Waals surface area (Å²) in [5.41, 5.74) is 2.44. The zero-order valence-corrected chi connectivity index (χ0v) is 22.4. The van der Waals surface area contributed by atoms with E-state index in [1.54, 1.807) is 23.1 Å². The van der Waals surface area contributed by atoms with E-state index in [1.165, 1.54) is 11.8 Å². The molecular formula is C26H27ClN2O5S2. The quantitative estimate of drug-likeness (QED) is 0.331. The van der Waals surface area contributed by atoms with Crippen LogP contribution in [-0.4, -0.2) is 53.5 Å². The number of nitrogens with one attached hydrogen (secondary N) is 1. The number of hydrogen-bond donors (Lipinski definition) is 1. The molecule has 2 aliphatic heterocycles. The zero-order valence-electron chi connectivity index (χ0n) is 20.0. The Kier molecular flexibility index (Phi) is 8.90. The lowest BCUT2D eigenvalue weighted by Crippen LogP contribution is -2.35. The standard InChI is InChI=1S/C26H27ClN2O5S2/c1-3-32-21-12-17(13-22-25(31)29(26(35)36-22)14-19-5-4-10-33-19)11-20(27)24(21)34-15-23(30)28-18-8-6-16(2)7-9-18/h6-9,11-13,19H,3-5,10,14-15H2,1-2H3,(H,28,30)/b22-13-/t19-/m1/s1. The predicted molar refractivity (Wildman–Crippen MR) is 147 cm³/mol. The third-order valence-electron chi connectivity index (χ3n) is 5.60. The fourth-order valence-corrected chi connectivity index (χ4v) is 5.40. The Bertz CT molecular complexity index is 1180. The molecule has 0 bridgehead atoms. The van der Waals surface area contributed by atoms with Gasteiger partial charge in [0.2, 0.25) is 0 Å². The highest BCUT2D eigenvalue weighted by molar-refractivity contribution is 8.26. The SMILES string of the molecule is CCOc1cc(/C=C2\SC(=S)N(C[C@H]3CCCO3)C2=O)cc(Cl)c1OCC(=O)Nc1ccc(C)cc1. The second-order valence-corrected chi connectivity index (χ2v) is 10.5. The molecule has 10 heteroatoms. The number of carbonyl (C=O) groups excluding carboxylic acids is 2. The van der Waals surface area contributed by atoms with Gasteiger partial charge >= 0.3 is 0 Å². The number of anilines is 1. The van der Waals surface area contributed by atoms with Crippen LogP contribution in [0, 0.1) is 6.92 Å². The Morgan fingerprint density at radius 3 is 2.78 bits per heavy atom. The lowest BCUT2D eigenvalue weighted by molar-refractivity contribution is -0.123. The van der Waals surface area contributed by atoms with Gasteiger partial charge in [0, 0.05) is 12.3 Å². The Balaban J connectivity index is 1.46. The van der Waals surface area contributed by atoms with E-state index in [-0.39, 0.29) is 35.3 Å². The number of nitrogens with zero attached hydrogens (tertiary/aromatic N) is 1. The number of rotatable bonds is 9. The number of carbonyl (C=O) groups is 2. The Morgan fingerprint density at radius 1 is 1.31 bits per heavy atom. The van der Waals surface area contributed by atoms with Crippen molar-refractivity contribution in [1.29, 1.82) is 0 Å². The number of benzene rings is 2. The van der Waals surface area contributed by atoms with Gasteiger partial charge in [0.25, 0.3) is 11.8 Å². The molecule has 0 spiro atoms. The fraction of sp³-hybridized carbons (Fsp3) is 0.346. The zero-order chi connectivity index (χ0) is 25.7. The van der Waals surface area contributed by atoms with Gasteiger partial charge in [0.1, 0.15) is 4.32 Å². The highest BCUT2D eigenvalue weighted by atomic mass is 35.5. The summed E-state index contributed by atoms with van der Waals surface area (Å²) in [6.07, 6.45) is 3.67. The molecule has 1 N–H and O–H groups in total. The van der Waals surface area contributed by atoms with Gasteiger partial charge in [-0.2, -0.15) is 0 Å². The smallest absolute Gasteiger partial charge is 0.266 e. The number of thiocarbonyl (C=S) groups is 1. The van der Waals surface area contributed by atoms with Gasteiger partial charge in [-0.1, -0.05) is 53.3 Å². The van der Waals surface area contributed by atoms with Gasteiger partial charge in [0.05, 0.1) is 29.2 Å². The van der Waals surface area contributed by atoms with Crippen molar-refractivity contribution in [2.24, 2.45) is 0 Å². The predicted octanol–water partition coefficient (Wildman–Crippen LogP) is 5.44. The van der Waals surface area contributed by atoms with Crippen LogP contribution >= 0.6 is 35.6 Å². The molecule has 190 valence electrons. The topological polar surface area (TPSA) is 77.1 Å². The van der Waals surface area contributed by atoms with Crippen LogP contribution in [0.3, 0.4) is 0 Å². The van der Waals surface area contributed by atoms with E-state index in [2.05, 4.69) is 5.32 Å². The maximum absolute atomic E-state index is 13.0. The van der Waals surface area contributed by atoms with E-state index in [4.69, 9.17) is 38.0 Å². The second kappa shape index (κ2) is 12.1. The maximum Gasteiger partial charge on any atom is 0.266 e. The molecule has 4 rings (SSSR count). The molecule has 2 fully saturated rings. The minimum atomic E-state index is -0.323. The van der Waals surface area contributed by atoms with Crippen molar-refractivity contribution in [1.82, 2.24) is 4.90 Å². The average molecular weight is 547 g/mol. The largest absolute Gasteiger partial charge is 0.490 e. The van der Waals surface area contributed by atoms with Crippen molar-refractivity contribution in [3.8, 4) is 11.5 Å². The van der Waals surface area contributed by atoms with Crippen LogP contribution < -0.4 is 14.8 Å². The monoisotopic (exact) mass is 546 g/mol. The van der Waals surface area contributed by atoms with Gasteiger partial charge < -0.3 is 19.5 Å². The van der Waals surface area contributed by atoms with Crippen molar-refractivity contribution in [2.75, 3.05) is 31.7 Å². The molecule has 0 saturated carbocycles. The summed E-state index contributed by atoms with van der Waals surface area (Å²) < 4.78 is 17.6. The number of hydrogen-bond acceptors (Lipinski definition) is 7. The molecule has 0 unspecified atom stereocenters. The van der Waals surface area contributed by atoms with Crippen LogP contribution in [0.5, 0.6) is 11.5 Å². The number of thioether (sulfide) groups is 1. The van der Waals surface area contributed by atoms with Crippen LogP contribution in [-0.2, 0) is 14.3 Å². The molecular weight excluding hydrogens is 520 g/mol. The first-order chi connectivity index (χ1) is 17.3. The molecule has 2 saturated heterocycles. The molecule has 2 aliphatic rings. The molecule has 0 aromatic heterocycles.